The quantitative estimate of drug-likeness (QED) is 0.435. The highest BCUT2D eigenvalue weighted by molar-refractivity contribution is 8.01. The lowest BCUT2D eigenvalue weighted by Crippen LogP contribution is -2.14. The van der Waals surface area contributed by atoms with E-state index in [1.54, 1.807) is 30.5 Å². The minimum absolute atomic E-state index is 0.176. The van der Waals surface area contributed by atoms with Crippen molar-refractivity contribution in [2.45, 2.75) is 10.9 Å². The fourth-order valence-electron chi connectivity index (χ4n) is 2.08. The molecule has 0 bridgehead atoms. The monoisotopic (exact) mass is 404 g/mol. The molecular weight excluding hydrogens is 388 g/mol. The Morgan fingerprint density at radius 2 is 2.15 bits per heavy atom. The molecule has 2 heterocycles. The standard InChI is InChI=1S/C17H16N4O4S2/c1-24-15(23)11-4-2-5-12(8-11)19-14(22)10-26-17-21-20-16(27-17)18-9-13-6-3-7-25-13/h2-8H,9-10H2,1H3,(H,18,20)(H,19,22). The first kappa shape index (κ1) is 18.9. The van der Waals surface area contributed by atoms with Gasteiger partial charge < -0.3 is 19.8 Å². The first-order valence-corrected chi connectivity index (χ1v) is 9.65. The number of methoxy groups -OCH3 is 1. The molecule has 0 aliphatic rings. The van der Waals surface area contributed by atoms with Crippen molar-refractivity contribution in [2.75, 3.05) is 23.5 Å². The van der Waals surface area contributed by atoms with Gasteiger partial charge in [0.05, 0.1) is 31.2 Å². The van der Waals surface area contributed by atoms with Crippen molar-refractivity contribution in [1.29, 1.82) is 0 Å². The second-order valence-electron chi connectivity index (χ2n) is 5.22. The van der Waals surface area contributed by atoms with E-state index in [-0.39, 0.29) is 11.7 Å². The van der Waals surface area contributed by atoms with Crippen LogP contribution in [-0.2, 0) is 16.1 Å². The van der Waals surface area contributed by atoms with Gasteiger partial charge in [0.2, 0.25) is 11.0 Å². The smallest absolute Gasteiger partial charge is 0.337 e. The normalized spacial score (nSPS) is 10.4. The van der Waals surface area contributed by atoms with Crippen LogP contribution in [0.5, 0.6) is 0 Å². The third-order valence-corrected chi connectivity index (χ3v) is 5.31. The number of benzene rings is 1. The average molecular weight is 404 g/mol. The van der Waals surface area contributed by atoms with Crippen molar-refractivity contribution < 1.29 is 18.7 Å². The lowest BCUT2D eigenvalue weighted by atomic mass is 10.2. The molecule has 8 nitrogen and oxygen atoms in total. The molecule has 0 saturated carbocycles. The fraction of sp³-hybridized carbons (Fsp3) is 0.176. The van der Waals surface area contributed by atoms with Gasteiger partial charge in [0.15, 0.2) is 4.34 Å². The molecule has 0 aliphatic heterocycles. The minimum Gasteiger partial charge on any atom is -0.467 e. The number of hydrogen-bond donors (Lipinski definition) is 2. The number of aromatic nitrogens is 2. The molecule has 3 aromatic rings. The topological polar surface area (TPSA) is 106 Å². The summed E-state index contributed by atoms with van der Waals surface area (Å²) in [6.07, 6.45) is 1.61. The van der Waals surface area contributed by atoms with Crippen molar-refractivity contribution >= 4 is 45.8 Å². The van der Waals surface area contributed by atoms with Crippen LogP contribution in [0.15, 0.2) is 51.4 Å². The zero-order valence-electron chi connectivity index (χ0n) is 14.3. The van der Waals surface area contributed by atoms with Gasteiger partial charge in [-0.3, -0.25) is 4.79 Å². The Bertz CT molecular complexity index is 911. The number of hydrogen-bond acceptors (Lipinski definition) is 9. The van der Waals surface area contributed by atoms with Crippen molar-refractivity contribution in [2.24, 2.45) is 0 Å². The number of carbonyl (C=O) groups excluding carboxylic acids is 2. The van der Waals surface area contributed by atoms with Crippen LogP contribution in [0.3, 0.4) is 0 Å². The molecule has 0 atom stereocenters. The highest BCUT2D eigenvalue weighted by atomic mass is 32.2. The van der Waals surface area contributed by atoms with Gasteiger partial charge in [-0.05, 0) is 30.3 Å². The largest absolute Gasteiger partial charge is 0.467 e. The zero-order valence-corrected chi connectivity index (χ0v) is 15.9. The Kier molecular flexibility index (Phi) is 6.44. The second-order valence-corrected chi connectivity index (χ2v) is 7.42. The molecule has 3 rings (SSSR count). The Morgan fingerprint density at radius 1 is 1.26 bits per heavy atom. The number of anilines is 2. The van der Waals surface area contributed by atoms with E-state index in [9.17, 15) is 9.59 Å². The summed E-state index contributed by atoms with van der Waals surface area (Å²) in [5, 5.41) is 14.6. The fourth-order valence-corrected chi connectivity index (χ4v) is 3.63. The molecule has 1 aromatic carbocycles. The van der Waals surface area contributed by atoms with Gasteiger partial charge in [0.25, 0.3) is 0 Å². The van der Waals surface area contributed by atoms with Crippen molar-refractivity contribution in [1.82, 2.24) is 10.2 Å². The summed E-state index contributed by atoms with van der Waals surface area (Å²) < 4.78 is 10.6. The minimum atomic E-state index is -0.455. The van der Waals surface area contributed by atoms with Crippen LogP contribution in [0.4, 0.5) is 10.8 Å². The third-order valence-electron chi connectivity index (χ3n) is 3.29. The van der Waals surface area contributed by atoms with E-state index in [0.717, 1.165) is 5.76 Å². The highest BCUT2D eigenvalue weighted by Gasteiger charge is 2.10. The molecule has 140 valence electrons. The summed E-state index contributed by atoms with van der Waals surface area (Å²) in [6, 6.07) is 10.2. The Labute approximate surface area is 163 Å². The molecule has 0 spiro atoms. The van der Waals surface area contributed by atoms with Crippen LogP contribution in [0.2, 0.25) is 0 Å². The van der Waals surface area contributed by atoms with Crippen LogP contribution in [0.1, 0.15) is 16.1 Å². The maximum Gasteiger partial charge on any atom is 0.337 e. The summed E-state index contributed by atoms with van der Waals surface area (Å²) in [5.74, 6) is 0.314. The number of rotatable bonds is 8. The SMILES string of the molecule is COC(=O)c1cccc(NC(=O)CSc2nnc(NCc3ccco3)s2)c1. The van der Waals surface area contributed by atoms with Gasteiger partial charge in [-0.25, -0.2) is 4.79 Å². The lowest BCUT2D eigenvalue weighted by molar-refractivity contribution is -0.113. The predicted molar refractivity (Wildman–Crippen MR) is 103 cm³/mol. The summed E-state index contributed by atoms with van der Waals surface area (Å²) in [5.41, 5.74) is 0.904. The molecule has 0 unspecified atom stereocenters. The molecule has 27 heavy (non-hydrogen) atoms. The Morgan fingerprint density at radius 3 is 2.93 bits per heavy atom. The van der Waals surface area contributed by atoms with Gasteiger partial charge in [0, 0.05) is 5.69 Å². The van der Waals surface area contributed by atoms with E-state index >= 15 is 0 Å². The van der Waals surface area contributed by atoms with Gasteiger partial charge in [0.1, 0.15) is 5.76 Å². The van der Waals surface area contributed by atoms with Crippen LogP contribution in [0, 0.1) is 0 Å². The van der Waals surface area contributed by atoms with Gasteiger partial charge in [-0.1, -0.05) is 29.2 Å². The Balaban J connectivity index is 1.47. The van der Waals surface area contributed by atoms with Crippen LogP contribution < -0.4 is 10.6 Å². The summed E-state index contributed by atoms with van der Waals surface area (Å²) in [6.45, 7) is 0.517. The van der Waals surface area contributed by atoms with Gasteiger partial charge >= 0.3 is 5.97 Å². The van der Waals surface area contributed by atoms with Crippen LogP contribution >= 0.6 is 23.1 Å². The van der Waals surface area contributed by atoms with E-state index in [4.69, 9.17) is 4.42 Å². The Hall–Kier alpha value is -2.85. The van der Waals surface area contributed by atoms with Crippen molar-refractivity contribution in [3.8, 4) is 0 Å². The third kappa shape index (κ3) is 5.56. The number of ether oxygens (including phenoxy) is 1. The first-order chi connectivity index (χ1) is 13.1. The number of furan rings is 1. The zero-order chi connectivity index (χ0) is 19.1. The molecule has 0 aliphatic carbocycles. The highest BCUT2D eigenvalue weighted by Crippen LogP contribution is 2.26. The lowest BCUT2D eigenvalue weighted by Gasteiger charge is -2.06. The van der Waals surface area contributed by atoms with Gasteiger partial charge in [-0.15, -0.1) is 10.2 Å². The number of carbonyl (C=O) groups is 2. The van der Waals surface area contributed by atoms with Crippen LogP contribution in [-0.4, -0.2) is 34.9 Å². The first-order valence-electron chi connectivity index (χ1n) is 7.85. The number of nitrogens with one attached hydrogen (secondary N) is 2. The number of amides is 1. The van der Waals surface area contributed by atoms with Crippen molar-refractivity contribution in [3.63, 3.8) is 0 Å². The summed E-state index contributed by atoms with van der Waals surface area (Å²) in [7, 11) is 1.31. The van der Waals surface area contributed by atoms with Crippen molar-refractivity contribution in [3.05, 3.63) is 54.0 Å². The van der Waals surface area contributed by atoms with E-state index in [2.05, 4.69) is 25.6 Å². The molecule has 10 heteroatoms. The number of nitrogens with zero attached hydrogens (tertiary/aromatic N) is 2. The molecule has 2 N–H and O–H groups in total. The second kappa shape index (κ2) is 9.19. The molecule has 0 fully saturated rings. The number of thioether (sulfide) groups is 1. The summed E-state index contributed by atoms with van der Waals surface area (Å²) in [4.78, 5) is 23.6. The summed E-state index contributed by atoms with van der Waals surface area (Å²) >= 11 is 2.64. The predicted octanol–water partition coefficient (Wildman–Crippen LogP) is 3.26. The van der Waals surface area contributed by atoms with E-state index < -0.39 is 5.97 Å². The molecule has 0 saturated heterocycles. The molecule has 0 radical (unpaired) electrons. The van der Waals surface area contributed by atoms with E-state index in [0.29, 0.717) is 27.3 Å². The maximum atomic E-state index is 12.1. The molecule has 1 amide bonds. The number of esters is 1. The molecular formula is C17H16N4O4S2. The van der Waals surface area contributed by atoms with Gasteiger partial charge in [-0.2, -0.15) is 0 Å². The average Bonchev–Trinajstić information content (AvgIpc) is 3.36. The van der Waals surface area contributed by atoms with E-state index in [1.165, 1.54) is 30.2 Å². The molecule has 2 aromatic heterocycles. The maximum absolute atomic E-state index is 12.1. The van der Waals surface area contributed by atoms with E-state index in [1.807, 2.05) is 12.1 Å². The van der Waals surface area contributed by atoms with Crippen LogP contribution in [0.25, 0.3) is 0 Å².